The summed E-state index contributed by atoms with van der Waals surface area (Å²) in [5, 5.41) is 7.05. The molecule has 0 aromatic heterocycles. The molecule has 0 saturated heterocycles. The molecule has 3 heteroatoms. The molecule has 0 spiro atoms. The standard InChI is InChI=1S/C18H31BrN2/c1-12(2)20-10-14-8-16(18(5,6)7)9-15(17(14)19)11-21-13(3)4/h8-9,12-13,20-21H,10-11H2,1-7H3. The van der Waals surface area contributed by atoms with E-state index in [1.165, 1.54) is 21.2 Å². The molecule has 1 aromatic carbocycles. The quantitative estimate of drug-likeness (QED) is 0.770. The van der Waals surface area contributed by atoms with E-state index in [0.29, 0.717) is 12.1 Å². The summed E-state index contributed by atoms with van der Waals surface area (Å²) in [7, 11) is 0. The number of halogens is 1. The molecule has 120 valence electrons. The Labute approximate surface area is 139 Å². The third-order valence-corrected chi connectivity index (χ3v) is 4.51. The summed E-state index contributed by atoms with van der Waals surface area (Å²) < 4.78 is 1.23. The van der Waals surface area contributed by atoms with Gasteiger partial charge in [0.1, 0.15) is 0 Å². The fraction of sp³-hybridized carbons (Fsp3) is 0.667. The van der Waals surface area contributed by atoms with Crippen LogP contribution in [0, 0.1) is 0 Å². The molecule has 0 aliphatic carbocycles. The van der Waals surface area contributed by atoms with Crippen molar-refractivity contribution in [3.8, 4) is 0 Å². The first-order valence-corrected chi connectivity index (χ1v) is 8.69. The molecule has 0 atom stereocenters. The summed E-state index contributed by atoms with van der Waals surface area (Å²) in [6.45, 7) is 17.4. The summed E-state index contributed by atoms with van der Waals surface area (Å²) in [5.74, 6) is 0. The number of benzene rings is 1. The third kappa shape index (κ3) is 6.09. The Morgan fingerprint density at radius 2 is 1.29 bits per heavy atom. The highest BCUT2D eigenvalue weighted by atomic mass is 79.9. The SMILES string of the molecule is CC(C)NCc1cc(C(C)(C)C)cc(CNC(C)C)c1Br. The van der Waals surface area contributed by atoms with Gasteiger partial charge in [-0.3, -0.25) is 0 Å². The first-order valence-electron chi connectivity index (χ1n) is 7.89. The van der Waals surface area contributed by atoms with E-state index < -0.39 is 0 Å². The van der Waals surface area contributed by atoms with Crippen LogP contribution in [-0.2, 0) is 18.5 Å². The van der Waals surface area contributed by atoms with Crippen LogP contribution in [0.15, 0.2) is 16.6 Å². The van der Waals surface area contributed by atoms with Crippen LogP contribution in [-0.4, -0.2) is 12.1 Å². The predicted molar refractivity (Wildman–Crippen MR) is 96.8 cm³/mol. The molecular formula is C18H31BrN2. The van der Waals surface area contributed by atoms with Gasteiger partial charge in [-0.15, -0.1) is 0 Å². The molecule has 0 unspecified atom stereocenters. The molecule has 0 aliphatic rings. The Balaban J connectivity index is 3.13. The fourth-order valence-corrected chi connectivity index (χ4v) is 2.58. The van der Waals surface area contributed by atoms with Crippen LogP contribution in [0.1, 0.15) is 65.2 Å². The number of hydrogen-bond acceptors (Lipinski definition) is 2. The topological polar surface area (TPSA) is 24.1 Å². The molecule has 21 heavy (non-hydrogen) atoms. The van der Waals surface area contributed by atoms with Crippen LogP contribution in [0.2, 0.25) is 0 Å². The average molecular weight is 355 g/mol. The van der Waals surface area contributed by atoms with Gasteiger partial charge in [-0.25, -0.2) is 0 Å². The zero-order valence-electron chi connectivity index (χ0n) is 14.6. The van der Waals surface area contributed by atoms with Crippen molar-refractivity contribution < 1.29 is 0 Å². The summed E-state index contributed by atoms with van der Waals surface area (Å²) in [5.41, 5.74) is 4.25. The van der Waals surface area contributed by atoms with Gasteiger partial charge >= 0.3 is 0 Å². The van der Waals surface area contributed by atoms with E-state index in [9.17, 15) is 0 Å². The molecule has 2 nitrogen and oxygen atoms in total. The molecule has 0 aliphatic heterocycles. The predicted octanol–water partition coefficient (Wildman–Crippen LogP) is 4.74. The van der Waals surface area contributed by atoms with Gasteiger partial charge in [0, 0.05) is 29.6 Å². The van der Waals surface area contributed by atoms with Crippen LogP contribution in [0.5, 0.6) is 0 Å². The maximum Gasteiger partial charge on any atom is 0.0265 e. The first kappa shape index (κ1) is 18.7. The molecule has 0 amide bonds. The van der Waals surface area contributed by atoms with Gasteiger partial charge in [-0.2, -0.15) is 0 Å². The Morgan fingerprint density at radius 3 is 1.57 bits per heavy atom. The molecule has 1 rings (SSSR count). The summed E-state index contributed by atoms with van der Waals surface area (Å²) in [4.78, 5) is 0. The van der Waals surface area contributed by atoms with E-state index in [1.54, 1.807) is 0 Å². The molecular weight excluding hydrogens is 324 g/mol. The summed E-state index contributed by atoms with van der Waals surface area (Å²) in [6, 6.07) is 5.65. The Hall–Kier alpha value is -0.380. The third-order valence-electron chi connectivity index (χ3n) is 3.49. The van der Waals surface area contributed by atoms with Gasteiger partial charge in [0.05, 0.1) is 0 Å². The number of hydrogen-bond donors (Lipinski definition) is 2. The second kappa shape index (κ2) is 7.75. The highest BCUT2D eigenvalue weighted by Crippen LogP contribution is 2.30. The highest BCUT2D eigenvalue weighted by Gasteiger charge is 2.18. The molecule has 0 fully saturated rings. The second-order valence-electron chi connectivity index (χ2n) is 7.43. The number of rotatable bonds is 6. The largest absolute Gasteiger partial charge is 0.310 e. The molecule has 0 heterocycles. The van der Waals surface area contributed by atoms with Crippen molar-refractivity contribution in [1.29, 1.82) is 0 Å². The normalized spacial score (nSPS) is 12.5. The number of nitrogens with one attached hydrogen (secondary N) is 2. The van der Waals surface area contributed by atoms with Crippen molar-refractivity contribution in [3.05, 3.63) is 33.3 Å². The molecule has 0 saturated carbocycles. The van der Waals surface area contributed by atoms with Crippen molar-refractivity contribution in [1.82, 2.24) is 10.6 Å². The van der Waals surface area contributed by atoms with E-state index in [-0.39, 0.29) is 5.41 Å². The first-order chi connectivity index (χ1) is 9.61. The molecule has 0 bridgehead atoms. The van der Waals surface area contributed by atoms with Gasteiger partial charge < -0.3 is 10.6 Å². The lowest BCUT2D eigenvalue weighted by molar-refractivity contribution is 0.565. The lowest BCUT2D eigenvalue weighted by Gasteiger charge is -2.24. The Kier molecular flexibility index (Phi) is 6.89. The summed E-state index contributed by atoms with van der Waals surface area (Å²) in [6.07, 6.45) is 0. The smallest absolute Gasteiger partial charge is 0.0265 e. The van der Waals surface area contributed by atoms with Crippen molar-refractivity contribution in [2.24, 2.45) is 0 Å². The van der Waals surface area contributed by atoms with Gasteiger partial charge in [-0.1, -0.05) is 76.5 Å². The van der Waals surface area contributed by atoms with Crippen molar-refractivity contribution in [2.45, 2.75) is 79.1 Å². The van der Waals surface area contributed by atoms with Crippen LogP contribution in [0.25, 0.3) is 0 Å². The van der Waals surface area contributed by atoms with Crippen LogP contribution in [0.4, 0.5) is 0 Å². The average Bonchev–Trinajstić information content (AvgIpc) is 2.34. The molecule has 0 radical (unpaired) electrons. The lowest BCUT2D eigenvalue weighted by Crippen LogP contribution is -2.25. The monoisotopic (exact) mass is 354 g/mol. The summed E-state index contributed by atoms with van der Waals surface area (Å²) >= 11 is 3.80. The van der Waals surface area contributed by atoms with E-state index in [1.807, 2.05) is 0 Å². The van der Waals surface area contributed by atoms with E-state index in [2.05, 4.69) is 87.2 Å². The van der Waals surface area contributed by atoms with Gasteiger partial charge in [0.25, 0.3) is 0 Å². The van der Waals surface area contributed by atoms with Crippen LogP contribution < -0.4 is 10.6 Å². The molecule has 2 N–H and O–H groups in total. The zero-order valence-corrected chi connectivity index (χ0v) is 16.2. The van der Waals surface area contributed by atoms with Crippen molar-refractivity contribution in [3.63, 3.8) is 0 Å². The fourth-order valence-electron chi connectivity index (χ4n) is 2.07. The van der Waals surface area contributed by atoms with Crippen molar-refractivity contribution in [2.75, 3.05) is 0 Å². The highest BCUT2D eigenvalue weighted by molar-refractivity contribution is 9.10. The van der Waals surface area contributed by atoms with Crippen molar-refractivity contribution >= 4 is 15.9 Å². The van der Waals surface area contributed by atoms with Crippen LogP contribution >= 0.6 is 15.9 Å². The van der Waals surface area contributed by atoms with Gasteiger partial charge in [0.15, 0.2) is 0 Å². The van der Waals surface area contributed by atoms with E-state index in [0.717, 1.165) is 13.1 Å². The second-order valence-corrected chi connectivity index (χ2v) is 8.22. The Bertz CT molecular complexity index is 426. The van der Waals surface area contributed by atoms with E-state index >= 15 is 0 Å². The minimum atomic E-state index is 0.167. The maximum absolute atomic E-state index is 3.80. The molecule has 1 aromatic rings. The van der Waals surface area contributed by atoms with Gasteiger partial charge in [0.2, 0.25) is 0 Å². The Morgan fingerprint density at radius 1 is 0.905 bits per heavy atom. The van der Waals surface area contributed by atoms with Crippen LogP contribution in [0.3, 0.4) is 0 Å². The minimum Gasteiger partial charge on any atom is -0.310 e. The van der Waals surface area contributed by atoms with E-state index in [4.69, 9.17) is 0 Å². The van der Waals surface area contributed by atoms with Gasteiger partial charge in [-0.05, 0) is 22.1 Å². The zero-order chi connectivity index (χ0) is 16.2. The lowest BCUT2D eigenvalue weighted by atomic mass is 9.85. The maximum atomic E-state index is 3.80. The minimum absolute atomic E-state index is 0.167.